The molecule has 4 nitrogen and oxygen atoms in total. The minimum Gasteiger partial charge on any atom is -0.504 e. The molecular weight excluding hydrogens is 265 g/mol. The Morgan fingerprint density at radius 1 is 1.42 bits per heavy atom. The van der Waals surface area contributed by atoms with Gasteiger partial charge in [0.05, 0.1) is 13.0 Å². The standard InChI is InChI=1S/C12H13F3O4/c1-6(11(17)18)3-7-4-8(12(13,14)15)10(16)9(5-7)19-2/h4-6,16H,3H2,1-2H3,(H,17,18). The first-order valence-electron chi connectivity index (χ1n) is 5.36. The molecule has 1 atom stereocenters. The minimum absolute atomic E-state index is 0.0882. The largest absolute Gasteiger partial charge is 0.504 e. The highest BCUT2D eigenvalue weighted by Gasteiger charge is 2.36. The van der Waals surface area contributed by atoms with Gasteiger partial charge in [-0.15, -0.1) is 0 Å². The number of carbonyl (C=O) groups is 1. The van der Waals surface area contributed by atoms with Crippen molar-refractivity contribution in [1.82, 2.24) is 0 Å². The highest BCUT2D eigenvalue weighted by Crippen LogP contribution is 2.42. The molecule has 0 spiro atoms. The normalized spacial score (nSPS) is 13.1. The number of carboxylic acids is 1. The van der Waals surface area contributed by atoms with Gasteiger partial charge in [-0.05, 0) is 24.1 Å². The number of phenols is 1. The van der Waals surface area contributed by atoms with E-state index in [4.69, 9.17) is 5.11 Å². The first-order valence-corrected chi connectivity index (χ1v) is 5.36. The maximum Gasteiger partial charge on any atom is 0.420 e. The van der Waals surface area contributed by atoms with Crippen LogP contribution in [0.4, 0.5) is 13.2 Å². The summed E-state index contributed by atoms with van der Waals surface area (Å²) < 4.78 is 42.8. The minimum atomic E-state index is -4.74. The zero-order valence-corrected chi connectivity index (χ0v) is 10.3. The summed E-state index contributed by atoms with van der Waals surface area (Å²) >= 11 is 0. The molecule has 0 radical (unpaired) electrons. The molecule has 0 bridgehead atoms. The lowest BCUT2D eigenvalue weighted by atomic mass is 9.98. The van der Waals surface area contributed by atoms with E-state index in [9.17, 15) is 23.1 Å². The first-order chi connectivity index (χ1) is 8.66. The average molecular weight is 278 g/mol. The number of alkyl halides is 3. The predicted molar refractivity (Wildman–Crippen MR) is 60.2 cm³/mol. The number of aromatic hydroxyl groups is 1. The number of carboxylic acid groups (broad SMARTS) is 1. The van der Waals surface area contributed by atoms with E-state index in [1.807, 2.05) is 0 Å². The van der Waals surface area contributed by atoms with E-state index in [1.165, 1.54) is 13.0 Å². The molecule has 19 heavy (non-hydrogen) atoms. The molecule has 0 aromatic heterocycles. The third kappa shape index (κ3) is 3.52. The Balaban J connectivity index is 3.24. The summed E-state index contributed by atoms with van der Waals surface area (Å²) in [4.78, 5) is 10.7. The fourth-order valence-electron chi connectivity index (χ4n) is 1.60. The predicted octanol–water partition coefficient (Wildman–Crippen LogP) is 2.68. The van der Waals surface area contributed by atoms with Crippen LogP contribution in [0.5, 0.6) is 11.5 Å². The van der Waals surface area contributed by atoms with Gasteiger partial charge in [0.25, 0.3) is 0 Å². The Labute approximate surface area is 107 Å². The fourth-order valence-corrected chi connectivity index (χ4v) is 1.60. The van der Waals surface area contributed by atoms with E-state index >= 15 is 0 Å². The number of phenolic OH excluding ortho intramolecular Hbond substituents is 1. The van der Waals surface area contributed by atoms with E-state index in [0.717, 1.165) is 13.2 Å². The molecule has 0 saturated heterocycles. The number of halogens is 3. The van der Waals surface area contributed by atoms with Crippen molar-refractivity contribution in [1.29, 1.82) is 0 Å². The lowest BCUT2D eigenvalue weighted by Crippen LogP contribution is -2.13. The Morgan fingerprint density at radius 2 is 2.00 bits per heavy atom. The monoisotopic (exact) mass is 278 g/mol. The summed E-state index contributed by atoms with van der Waals surface area (Å²) in [6.07, 6.45) is -4.82. The van der Waals surface area contributed by atoms with Gasteiger partial charge in [0.2, 0.25) is 0 Å². The summed E-state index contributed by atoms with van der Waals surface area (Å²) in [6, 6.07) is 1.93. The molecule has 0 aliphatic heterocycles. The topological polar surface area (TPSA) is 66.8 Å². The number of hydrogen-bond donors (Lipinski definition) is 2. The van der Waals surface area contributed by atoms with Gasteiger partial charge in [-0.3, -0.25) is 4.79 Å². The van der Waals surface area contributed by atoms with Gasteiger partial charge in [0.15, 0.2) is 11.5 Å². The third-order valence-electron chi connectivity index (χ3n) is 2.62. The molecule has 2 N–H and O–H groups in total. The number of methoxy groups -OCH3 is 1. The molecule has 7 heteroatoms. The average Bonchev–Trinajstić information content (AvgIpc) is 2.29. The Hall–Kier alpha value is -1.92. The van der Waals surface area contributed by atoms with Crippen LogP contribution in [-0.2, 0) is 17.4 Å². The summed E-state index contributed by atoms with van der Waals surface area (Å²) in [5, 5.41) is 18.2. The third-order valence-corrected chi connectivity index (χ3v) is 2.62. The Bertz CT molecular complexity index is 483. The zero-order chi connectivity index (χ0) is 14.8. The van der Waals surface area contributed by atoms with Crippen molar-refractivity contribution in [2.45, 2.75) is 19.5 Å². The number of benzene rings is 1. The lowest BCUT2D eigenvalue weighted by Gasteiger charge is -2.15. The van der Waals surface area contributed by atoms with Crippen LogP contribution in [0.1, 0.15) is 18.1 Å². The molecule has 0 fully saturated rings. The Morgan fingerprint density at radius 3 is 2.42 bits per heavy atom. The van der Waals surface area contributed by atoms with E-state index in [1.54, 1.807) is 0 Å². The van der Waals surface area contributed by atoms with Gasteiger partial charge in [-0.25, -0.2) is 0 Å². The van der Waals surface area contributed by atoms with Crippen LogP contribution in [0.15, 0.2) is 12.1 Å². The van der Waals surface area contributed by atoms with Gasteiger partial charge >= 0.3 is 12.1 Å². The van der Waals surface area contributed by atoms with Crippen LogP contribution in [0.3, 0.4) is 0 Å². The maximum atomic E-state index is 12.7. The highest BCUT2D eigenvalue weighted by molar-refractivity contribution is 5.70. The van der Waals surface area contributed by atoms with Crippen molar-refractivity contribution in [3.05, 3.63) is 23.3 Å². The molecule has 0 aliphatic carbocycles. The van der Waals surface area contributed by atoms with Crippen molar-refractivity contribution in [3.63, 3.8) is 0 Å². The number of ether oxygens (including phenoxy) is 1. The van der Waals surface area contributed by atoms with E-state index < -0.39 is 29.4 Å². The van der Waals surface area contributed by atoms with Crippen LogP contribution in [0.25, 0.3) is 0 Å². The molecule has 0 amide bonds. The number of rotatable bonds is 4. The molecule has 1 aromatic carbocycles. The second kappa shape index (κ2) is 5.38. The fraction of sp³-hybridized carbons (Fsp3) is 0.417. The second-order valence-electron chi connectivity index (χ2n) is 4.14. The summed E-state index contributed by atoms with van der Waals surface area (Å²) in [6.45, 7) is 1.38. The van der Waals surface area contributed by atoms with Crippen molar-refractivity contribution >= 4 is 5.97 Å². The Kier molecular flexibility index (Phi) is 4.28. The molecular formula is C12H13F3O4. The van der Waals surface area contributed by atoms with Gasteiger partial charge in [0.1, 0.15) is 5.56 Å². The summed E-state index contributed by atoms with van der Waals surface area (Å²) in [7, 11) is 1.12. The van der Waals surface area contributed by atoms with Gasteiger partial charge in [-0.1, -0.05) is 6.92 Å². The van der Waals surface area contributed by atoms with Gasteiger partial charge in [-0.2, -0.15) is 13.2 Å². The second-order valence-corrected chi connectivity index (χ2v) is 4.14. The van der Waals surface area contributed by atoms with Crippen LogP contribution in [0.2, 0.25) is 0 Å². The van der Waals surface area contributed by atoms with Crippen LogP contribution in [0, 0.1) is 5.92 Å². The molecule has 0 saturated carbocycles. The molecule has 1 aromatic rings. The van der Waals surface area contributed by atoms with E-state index in [2.05, 4.69) is 4.74 Å². The maximum absolute atomic E-state index is 12.7. The van der Waals surface area contributed by atoms with Gasteiger partial charge < -0.3 is 14.9 Å². The van der Waals surface area contributed by atoms with Crippen LogP contribution >= 0.6 is 0 Å². The zero-order valence-electron chi connectivity index (χ0n) is 10.3. The van der Waals surface area contributed by atoms with E-state index in [-0.39, 0.29) is 17.7 Å². The number of aliphatic carboxylic acids is 1. The van der Waals surface area contributed by atoms with E-state index in [0.29, 0.717) is 0 Å². The molecule has 0 aliphatic rings. The molecule has 1 rings (SSSR count). The first kappa shape index (κ1) is 15.1. The van der Waals surface area contributed by atoms with Crippen molar-refractivity contribution in [2.75, 3.05) is 7.11 Å². The molecule has 0 heterocycles. The van der Waals surface area contributed by atoms with Crippen LogP contribution in [-0.4, -0.2) is 23.3 Å². The SMILES string of the molecule is COc1cc(CC(C)C(=O)O)cc(C(F)(F)F)c1O. The molecule has 1 unspecified atom stereocenters. The lowest BCUT2D eigenvalue weighted by molar-refractivity contribution is -0.141. The van der Waals surface area contributed by atoms with Crippen molar-refractivity contribution < 1.29 is 32.9 Å². The van der Waals surface area contributed by atoms with Gasteiger partial charge in [0, 0.05) is 0 Å². The van der Waals surface area contributed by atoms with Crippen molar-refractivity contribution in [3.8, 4) is 11.5 Å². The highest BCUT2D eigenvalue weighted by atomic mass is 19.4. The number of hydrogen-bond acceptors (Lipinski definition) is 3. The summed E-state index contributed by atoms with van der Waals surface area (Å²) in [5.74, 6) is -3.28. The summed E-state index contributed by atoms with van der Waals surface area (Å²) in [5.41, 5.74) is -1.10. The molecule has 106 valence electrons. The van der Waals surface area contributed by atoms with Crippen molar-refractivity contribution in [2.24, 2.45) is 5.92 Å². The van der Waals surface area contributed by atoms with Crippen LogP contribution < -0.4 is 4.74 Å². The smallest absolute Gasteiger partial charge is 0.420 e. The quantitative estimate of drug-likeness (QED) is 0.888.